The number of aryl methyl sites for hydroxylation is 3. The number of halogens is 1. The monoisotopic (exact) mass is 486 g/mol. The Morgan fingerprint density at radius 1 is 0.838 bits per heavy atom. The average molecular weight is 487 g/mol. The number of nitrogens with zero attached hydrogens (tertiary/aromatic N) is 2. The highest BCUT2D eigenvalue weighted by molar-refractivity contribution is 6.12. The fourth-order valence-corrected chi connectivity index (χ4v) is 5.01. The Kier molecular flexibility index (Phi) is 4.58. The molecule has 0 aliphatic carbocycles. The SMILES string of the molecule is [2H]C([2H])([2H])c1cc(-c2c(C)ccc3c2oc2c(C#N)c(-c4ccc(-c5ccccc5)cc4)ccc23)[n+](C)cc1F. The second kappa shape index (κ2) is 8.72. The molecule has 0 aliphatic heterocycles. The highest BCUT2D eigenvalue weighted by Crippen LogP contribution is 2.40. The quantitative estimate of drug-likeness (QED) is 0.238. The average Bonchev–Trinajstić information content (AvgIpc) is 3.31. The van der Waals surface area contributed by atoms with Crippen LogP contribution in [0.15, 0.2) is 95.5 Å². The number of furan rings is 1. The second-order valence-corrected chi connectivity index (χ2v) is 9.19. The van der Waals surface area contributed by atoms with E-state index in [1.165, 1.54) is 12.3 Å². The van der Waals surface area contributed by atoms with E-state index < -0.39 is 12.7 Å². The van der Waals surface area contributed by atoms with E-state index in [4.69, 9.17) is 8.53 Å². The van der Waals surface area contributed by atoms with E-state index in [1.54, 1.807) is 11.6 Å². The van der Waals surface area contributed by atoms with Gasteiger partial charge in [-0.3, -0.25) is 0 Å². The molecule has 4 aromatic carbocycles. The van der Waals surface area contributed by atoms with E-state index in [0.29, 0.717) is 28.0 Å². The van der Waals surface area contributed by atoms with E-state index in [0.717, 1.165) is 38.6 Å². The summed E-state index contributed by atoms with van der Waals surface area (Å²) in [7, 11) is 1.67. The van der Waals surface area contributed by atoms with E-state index >= 15 is 0 Å². The Hall–Kier alpha value is -4.75. The number of hydrogen-bond acceptors (Lipinski definition) is 2. The van der Waals surface area contributed by atoms with Gasteiger partial charge in [0, 0.05) is 26.5 Å². The Morgan fingerprint density at radius 2 is 1.51 bits per heavy atom. The minimum atomic E-state index is -2.61. The van der Waals surface area contributed by atoms with Gasteiger partial charge in [0.1, 0.15) is 24.3 Å². The van der Waals surface area contributed by atoms with Crippen LogP contribution in [0.5, 0.6) is 0 Å². The van der Waals surface area contributed by atoms with Crippen LogP contribution < -0.4 is 4.57 Å². The van der Waals surface area contributed by atoms with Crippen molar-refractivity contribution in [1.29, 1.82) is 5.26 Å². The summed E-state index contributed by atoms with van der Waals surface area (Å²) in [6.07, 6.45) is 1.18. The van der Waals surface area contributed by atoms with Gasteiger partial charge in [0.25, 0.3) is 0 Å². The van der Waals surface area contributed by atoms with Gasteiger partial charge >= 0.3 is 0 Å². The van der Waals surface area contributed by atoms with Crippen LogP contribution in [0.4, 0.5) is 4.39 Å². The van der Waals surface area contributed by atoms with Crippen molar-refractivity contribution < 1.29 is 17.5 Å². The molecule has 2 aromatic heterocycles. The molecule has 6 aromatic rings. The first-order valence-corrected chi connectivity index (χ1v) is 11.9. The zero-order chi connectivity index (χ0) is 28.2. The summed E-state index contributed by atoms with van der Waals surface area (Å²) in [5.41, 5.74) is 6.85. The lowest BCUT2D eigenvalue weighted by molar-refractivity contribution is -0.662. The Labute approximate surface area is 218 Å². The normalized spacial score (nSPS) is 12.8. The lowest BCUT2D eigenvalue weighted by Crippen LogP contribution is -2.31. The van der Waals surface area contributed by atoms with Crippen molar-refractivity contribution in [1.82, 2.24) is 0 Å². The van der Waals surface area contributed by atoms with Crippen molar-refractivity contribution >= 4 is 21.9 Å². The van der Waals surface area contributed by atoms with Gasteiger partial charge in [0.15, 0.2) is 11.4 Å². The smallest absolute Gasteiger partial charge is 0.216 e. The molecule has 2 heterocycles. The maximum absolute atomic E-state index is 14.6. The summed E-state index contributed by atoms with van der Waals surface area (Å²) in [6.45, 7) is -0.715. The molecule has 0 saturated heterocycles. The van der Waals surface area contributed by atoms with Crippen LogP contribution in [0.1, 0.15) is 20.8 Å². The third-order valence-electron chi connectivity index (χ3n) is 6.91. The van der Waals surface area contributed by atoms with Gasteiger partial charge in [-0.15, -0.1) is 0 Å². The molecule has 0 N–H and O–H groups in total. The highest BCUT2D eigenvalue weighted by atomic mass is 19.1. The molecule has 6 rings (SSSR count). The number of aromatic nitrogens is 1. The molecule has 0 bridgehead atoms. The van der Waals surface area contributed by atoms with Gasteiger partial charge < -0.3 is 4.42 Å². The second-order valence-electron chi connectivity index (χ2n) is 9.19. The van der Waals surface area contributed by atoms with Crippen molar-refractivity contribution in [3.05, 3.63) is 114 Å². The Morgan fingerprint density at radius 3 is 2.24 bits per heavy atom. The van der Waals surface area contributed by atoms with E-state index in [2.05, 4.69) is 18.2 Å². The predicted octanol–water partition coefficient (Wildman–Crippen LogP) is 8.04. The first-order chi connectivity index (χ1) is 19.2. The van der Waals surface area contributed by atoms with Crippen molar-refractivity contribution in [3.63, 3.8) is 0 Å². The van der Waals surface area contributed by atoms with Crippen molar-refractivity contribution in [2.45, 2.75) is 13.8 Å². The molecule has 0 unspecified atom stereocenters. The molecular formula is C33H24FN2O+. The fraction of sp³-hybridized carbons (Fsp3) is 0.0909. The summed E-state index contributed by atoms with van der Waals surface area (Å²) in [5.74, 6) is -0.796. The van der Waals surface area contributed by atoms with E-state index in [9.17, 15) is 9.65 Å². The van der Waals surface area contributed by atoms with Crippen molar-refractivity contribution in [3.8, 4) is 39.6 Å². The van der Waals surface area contributed by atoms with Gasteiger partial charge in [-0.05, 0) is 47.7 Å². The van der Waals surface area contributed by atoms with Crippen LogP contribution >= 0.6 is 0 Å². The number of benzene rings is 4. The largest absolute Gasteiger partial charge is 0.454 e. The number of pyridine rings is 1. The van der Waals surface area contributed by atoms with E-state index in [1.807, 2.05) is 73.7 Å². The van der Waals surface area contributed by atoms with Crippen molar-refractivity contribution in [2.24, 2.45) is 7.05 Å². The minimum Gasteiger partial charge on any atom is -0.454 e. The lowest BCUT2D eigenvalue weighted by Gasteiger charge is -2.07. The maximum Gasteiger partial charge on any atom is 0.216 e. The van der Waals surface area contributed by atoms with E-state index in [-0.39, 0.29) is 5.56 Å². The highest BCUT2D eigenvalue weighted by Gasteiger charge is 2.24. The van der Waals surface area contributed by atoms with Crippen LogP contribution in [0.25, 0.3) is 55.4 Å². The third-order valence-corrected chi connectivity index (χ3v) is 6.91. The molecule has 0 aliphatic rings. The molecule has 3 nitrogen and oxygen atoms in total. The first-order valence-electron chi connectivity index (χ1n) is 13.4. The lowest BCUT2D eigenvalue weighted by atomic mass is 9.95. The molecule has 37 heavy (non-hydrogen) atoms. The van der Waals surface area contributed by atoms with Gasteiger partial charge in [-0.25, -0.2) is 4.39 Å². The Balaban J connectivity index is 1.55. The minimum absolute atomic E-state index is 0.355. The zero-order valence-corrected chi connectivity index (χ0v) is 20.3. The van der Waals surface area contributed by atoms with Crippen LogP contribution in [0.3, 0.4) is 0 Å². The van der Waals surface area contributed by atoms with Gasteiger partial charge in [0.05, 0.1) is 5.56 Å². The van der Waals surface area contributed by atoms with Gasteiger partial charge in [-0.1, -0.05) is 72.8 Å². The molecule has 0 spiro atoms. The number of rotatable bonds is 3. The standard InChI is InChI=1S/C33H24FN2O/c1-20-9-14-27-26-16-15-25(24-12-10-23(11-13-24)22-7-5-4-6-8-22)28(18-35)32(26)37-33(27)31(20)30-17-21(2)29(34)19-36(30)3/h4-17,19H,1-3H3/q+1/i2D3. The van der Waals surface area contributed by atoms with Gasteiger partial charge in [0.2, 0.25) is 11.9 Å². The predicted molar refractivity (Wildman–Crippen MR) is 145 cm³/mol. The molecule has 0 radical (unpaired) electrons. The molecule has 0 amide bonds. The topological polar surface area (TPSA) is 40.8 Å². The summed E-state index contributed by atoms with van der Waals surface area (Å²) >= 11 is 0. The first kappa shape index (κ1) is 19.4. The van der Waals surface area contributed by atoms with Crippen LogP contribution in [0.2, 0.25) is 0 Å². The Bertz CT molecular complexity index is 1970. The molecule has 0 saturated carbocycles. The maximum atomic E-state index is 14.6. The van der Waals surface area contributed by atoms with Crippen LogP contribution in [-0.4, -0.2) is 0 Å². The fourth-order valence-electron chi connectivity index (χ4n) is 5.01. The van der Waals surface area contributed by atoms with Gasteiger partial charge in [-0.2, -0.15) is 9.83 Å². The van der Waals surface area contributed by atoms with Crippen LogP contribution in [-0.2, 0) is 7.05 Å². The molecule has 4 heteroatoms. The summed E-state index contributed by atoms with van der Waals surface area (Å²) in [6, 6.07) is 29.6. The molecule has 0 fully saturated rings. The molecular weight excluding hydrogens is 459 g/mol. The van der Waals surface area contributed by atoms with Crippen molar-refractivity contribution in [2.75, 3.05) is 0 Å². The van der Waals surface area contributed by atoms with Crippen LogP contribution in [0, 0.1) is 30.9 Å². The summed E-state index contributed by atoms with van der Waals surface area (Å²) in [4.78, 5) is 0. The summed E-state index contributed by atoms with van der Waals surface area (Å²) < 4.78 is 46.0. The molecule has 0 atom stereocenters. The number of nitriles is 1. The number of hydrogen-bond donors (Lipinski definition) is 0. The zero-order valence-electron chi connectivity index (χ0n) is 23.3. The molecule has 178 valence electrons. The summed E-state index contributed by atoms with van der Waals surface area (Å²) in [5, 5.41) is 11.8. The number of fused-ring (bicyclic) bond motifs is 3. The third kappa shape index (κ3) is 3.68.